The molecule has 22 heavy (non-hydrogen) atoms. The first-order chi connectivity index (χ1) is 10.6. The van der Waals surface area contributed by atoms with Crippen molar-refractivity contribution in [2.24, 2.45) is 5.92 Å². The summed E-state index contributed by atoms with van der Waals surface area (Å²) < 4.78 is 0. The Kier molecular flexibility index (Phi) is 5.08. The molecule has 0 aromatic carbocycles. The maximum Gasteiger partial charge on any atom is 0.255 e. The minimum Gasteiger partial charge on any atom is -0.379 e. The number of amides is 1. The molecule has 3 aliphatic rings. The highest BCUT2D eigenvalue weighted by atomic mass is 16.3. The molecule has 2 saturated carbocycles. The molecule has 1 heterocycles. The van der Waals surface area contributed by atoms with Crippen LogP contribution >= 0.6 is 0 Å². The van der Waals surface area contributed by atoms with E-state index in [9.17, 15) is 9.90 Å². The van der Waals surface area contributed by atoms with Crippen LogP contribution in [-0.2, 0) is 4.79 Å². The highest BCUT2D eigenvalue weighted by molar-refractivity contribution is 5.86. The van der Waals surface area contributed by atoms with Crippen LogP contribution in [0.1, 0.15) is 64.2 Å². The second-order valence-electron chi connectivity index (χ2n) is 7.89. The summed E-state index contributed by atoms with van der Waals surface area (Å²) in [6.45, 7) is 2.22. The van der Waals surface area contributed by atoms with Crippen LogP contribution < -0.4 is 0 Å². The molecule has 0 radical (unpaired) electrons. The average Bonchev–Trinajstić information content (AvgIpc) is 2.48. The lowest BCUT2D eigenvalue weighted by molar-refractivity contribution is -0.161. The van der Waals surface area contributed by atoms with E-state index in [2.05, 4.69) is 11.9 Å². The molecule has 4 nitrogen and oxygen atoms in total. The summed E-state index contributed by atoms with van der Waals surface area (Å²) in [4.78, 5) is 17.0. The number of likely N-dealkylation sites (tertiary alicyclic amines) is 1. The van der Waals surface area contributed by atoms with E-state index in [1.165, 1.54) is 51.4 Å². The fourth-order valence-electron chi connectivity index (χ4n) is 4.44. The fourth-order valence-corrected chi connectivity index (χ4v) is 4.44. The number of carbonyl (C=O) groups excluding carboxylic acids is 1. The lowest BCUT2D eigenvalue weighted by atomic mass is 9.83. The van der Waals surface area contributed by atoms with Crippen molar-refractivity contribution in [3.8, 4) is 0 Å². The van der Waals surface area contributed by atoms with Crippen molar-refractivity contribution in [1.82, 2.24) is 9.80 Å². The van der Waals surface area contributed by atoms with E-state index in [0.29, 0.717) is 24.9 Å². The second kappa shape index (κ2) is 6.88. The molecule has 126 valence electrons. The van der Waals surface area contributed by atoms with Gasteiger partial charge in [0.25, 0.3) is 5.91 Å². The van der Waals surface area contributed by atoms with Crippen molar-refractivity contribution < 1.29 is 9.90 Å². The fraction of sp³-hybridized carbons (Fsp3) is 0.944. The molecule has 2 aliphatic carbocycles. The summed E-state index contributed by atoms with van der Waals surface area (Å²) in [6, 6.07) is 0.549. The molecule has 1 N–H and O–H groups in total. The Morgan fingerprint density at radius 1 is 1.14 bits per heavy atom. The van der Waals surface area contributed by atoms with Crippen LogP contribution in [0.5, 0.6) is 0 Å². The van der Waals surface area contributed by atoms with Gasteiger partial charge in [-0.25, -0.2) is 0 Å². The maximum absolute atomic E-state index is 12.8. The van der Waals surface area contributed by atoms with E-state index in [1.54, 1.807) is 0 Å². The van der Waals surface area contributed by atoms with Gasteiger partial charge in [-0.1, -0.05) is 25.7 Å². The summed E-state index contributed by atoms with van der Waals surface area (Å²) in [7, 11) is 2.09. The van der Waals surface area contributed by atoms with Gasteiger partial charge in [-0.05, 0) is 51.5 Å². The summed E-state index contributed by atoms with van der Waals surface area (Å²) in [5.74, 6) is 0.677. The number of hydrogen-bond donors (Lipinski definition) is 1. The van der Waals surface area contributed by atoms with Crippen molar-refractivity contribution >= 4 is 5.91 Å². The Balaban J connectivity index is 1.58. The van der Waals surface area contributed by atoms with Crippen LogP contribution in [0.15, 0.2) is 0 Å². The van der Waals surface area contributed by atoms with E-state index in [4.69, 9.17) is 0 Å². The smallest absolute Gasteiger partial charge is 0.255 e. The molecule has 1 saturated heterocycles. The maximum atomic E-state index is 12.8. The van der Waals surface area contributed by atoms with Crippen LogP contribution in [0.4, 0.5) is 0 Å². The van der Waals surface area contributed by atoms with E-state index >= 15 is 0 Å². The number of hydrogen-bond acceptors (Lipinski definition) is 3. The molecule has 0 aromatic rings. The quantitative estimate of drug-likeness (QED) is 0.848. The molecule has 0 spiro atoms. The largest absolute Gasteiger partial charge is 0.379 e. The van der Waals surface area contributed by atoms with Crippen molar-refractivity contribution in [3.63, 3.8) is 0 Å². The number of piperidine rings is 1. The first kappa shape index (κ1) is 16.3. The predicted octanol–water partition coefficient (Wildman–Crippen LogP) is 2.40. The molecule has 1 atom stereocenters. The summed E-state index contributed by atoms with van der Waals surface area (Å²) in [5.41, 5.74) is -1.14. The molecule has 3 rings (SSSR count). The highest BCUT2D eigenvalue weighted by Gasteiger charge is 2.44. The monoisotopic (exact) mass is 308 g/mol. The Morgan fingerprint density at radius 3 is 2.50 bits per heavy atom. The third-order valence-electron chi connectivity index (χ3n) is 6.12. The molecule has 0 unspecified atom stereocenters. The minimum atomic E-state index is -1.14. The van der Waals surface area contributed by atoms with Gasteiger partial charge in [0.2, 0.25) is 0 Å². The zero-order chi connectivity index (χ0) is 15.6. The van der Waals surface area contributed by atoms with Gasteiger partial charge in [0.1, 0.15) is 0 Å². The van der Waals surface area contributed by atoms with Crippen LogP contribution in [0.2, 0.25) is 0 Å². The van der Waals surface area contributed by atoms with Crippen LogP contribution in [0.25, 0.3) is 0 Å². The Labute approximate surface area is 134 Å². The van der Waals surface area contributed by atoms with Crippen LogP contribution in [-0.4, -0.2) is 59.1 Å². The number of nitrogens with zero attached hydrogens (tertiary/aromatic N) is 2. The number of likely N-dealkylation sites (N-methyl/N-ethyl adjacent to an activating group) is 1. The van der Waals surface area contributed by atoms with E-state index in [-0.39, 0.29) is 5.91 Å². The number of carbonyl (C=O) groups is 1. The minimum absolute atomic E-state index is 0.00619. The molecule has 1 aliphatic heterocycles. The Morgan fingerprint density at radius 2 is 1.86 bits per heavy atom. The molecular weight excluding hydrogens is 276 g/mol. The van der Waals surface area contributed by atoms with Crippen LogP contribution in [0.3, 0.4) is 0 Å². The molecule has 3 fully saturated rings. The van der Waals surface area contributed by atoms with Gasteiger partial charge in [0, 0.05) is 25.7 Å². The van der Waals surface area contributed by atoms with Crippen molar-refractivity contribution in [2.75, 3.05) is 26.7 Å². The standard InChI is InChI=1S/C18H32N2O2/c1-19(16-9-3-2-4-10-16)14-18(22)11-6-12-20(17(18)21)13-15-7-5-8-15/h15-16,22H,2-14H2,1H3/t18-/m1/s1. The van der Waals surface area contributed by atoms with Crippen LogP contribution in [0, 0.1) is 5.92 Å². The molecular formula is C18H32N2O2. The van der Waals surface area contributed by atoms with E-state index < -0.39 is 5.60 Å². The van der Waals surface area contributed by atoms with Crippen molar-refractivity contribution in [1.29, 1.82) is 0 Å². The SMILES string of the molecule is CN(C[C@]1(O)CCCN(CC2CCC2)C1=O)C1CCCCC1. The zero-order valence-corrected chi connectivity index (χ0v) is 14.1. The van der Waals surface area contributed by atoms with Gasteiger partial charge in [0.15, 0.2) is 5.60 Å². The van der Waals surface area contributed by atoms with Gasteiger partial charge in [0.05, 0.1) is 0 Å². The van der Waals surface area contributed by atoms with Gasteiger partial charge in [-0.15, -0.1) is 0 Å². The lowest BCUT2D eigenvalue weighted by Gasteiger charge is -2.44. The topological polar surface area (TPSA) is 43.8 Å². The highest BCUT2D eigenvalue weighted by Crippen LogP contribution is 2.31. The average molecular weight is 308 g/mol. The molecule has 1 amide bonds. The molecule has 0 aromatic heterocycles. The predicted molar refractivity (Wildman–Crippen MR) is 87.6 cm³/mol. The van der Waals surface area contributed by atoms with E-state index in [1.807, 2.05) is 4.90 Å². The third kappa shape index (κ3) is 3.48. The lowest BCUT2D eigenvalue weighted by Crippen LogP contribution is -2.60. The Hall–Kier alpha value is -0.610. The summed E-state index contributed by atoms with van der Waals surface area (Å²) in [6.07, 6.45) is 11.7. The van der Waals surface area contributed by atoms with E-state index in [0.717, 1.165) is 19.5 Å². The first-order valence-electron chi connectivity index (χ1n) is 9.30. The molecule has 0 bridgehead atoms. The molecule has 4 heteroatoms. The summed E-state index contributed by atoms with van der Waals surface area (Å²) in [5, 5.41) is 11.0. The number of aliphatic hydroxyl groups is 1. The first-order valence-corrected chi connectivity index (χ1v) is 9.30. The number of rotatable bonds is 5. The van der Waals surface area contributed by atoms with Gasteiger partial charge < -0.3 is 14.9 Å². The van der Waals surface area contributed by atoms with Gasteiger partial charge in [-0.3, -0.25) is 4.79 Å². The Bertz CT molecular complexity index is 391. The second-order valence-corrected chi connectivity index (χ2v) is 7.89. The van der Waals surface area contributed by atoms with Gasteiger partial charge >= 0.3 is 0 Å². The van der Waals surface area contributed by atoms with Gasteiger partial charge in [-0.2, -0.15) is 0 Å². The third-order valence-corrected chi connectivity index (χ3v) is 6.12. The van der Waals surface area contributed by atoms with Crippen molar-refractivity contribution in [3.05, 3.63) is 0 Å². The normalized spacial score (nSPS) is 31.6. The van der Waals surface area contributed by atoms with Crippen molar-refractivity contribution in [2.45, 2.75) is 75.9 Å². The zero-order valence-electron chi connectivity index (χ0n) is 14.1. The summed E-state index contributed by atoms with van der Waals surface area (Å²) >= 11 is 0.